The largest absolute Gasteiger partial charge is 0.326 e. The lowest BCUT2D eigenvalue weighted by Crippen LogP contribution is -2.33. The number of amidine groups is 1. The molecule has 0 aromatic heterocycles. The SMILES string of the molecule is Cc1ccc(NC(=O)C[C@H]2SC(=Nc3ccccc3)N(Cc3ccccc3)C2=O)c(C)c1. The minimum Gasteiger partial charge on any atom is -0.326 e. The number of aryl methyl sites for hydroxylation is 2. The number of amides is 2. The van der Waals surface area contributed by atoms with Crippen LogP contribution in [-0.2, 0) is 16.1 Å². The van der Waals surface area contributed by atoms with Crippen molar-refractivity contribution in [3.05, 3.63) is 95.6 Å². The van der Waals surface area contributed by atoms with Gasteiger partial charge in [0.2, 0.25) is 11.8 Å². The van der Waals surface area contributed by atoms with Crippen molar-refractivity contribution < 1.29 is 9.59 Å². The Labute approximate surface area is 192 Å². The van der Waals surface area contributed by atoms with Crippen molar-refractivity contribution in [3.8, 4) is 0 Å². The van der Waals surface area contributed by atoms with Crippen LogP contribution in [0.1, 0.15) is 23.1 Å². The Morgan fingerprint density at radius 1 is 1.00 bits per heavy atom. The topological polar surface area (TPSA) is 61.8 Å². The van der Waals surface area contributed by atoms with Crippen LogP contribution in [0.3, 0.4) is 0 Å². The van der Waals surface area contributed by atoms with Gasteiger partial charge in [0.15, 0.2) is 5.17 Å². The third-order valence-electron chi connectivity index (χ3n) is 5.21. The summed E-state index contributed by atoms with van der Waals surface area (Å²) in [5, 5.41) is 3.06. The Morgan fingerprint density at radius 2 is 1.69 bits per heavy atom. The summed E-state index contributed by atoms with van der Waals surface area (Å²) in [6, 6.07) is 25.3. The van der Waals surface area contributed by atoms with Crippen LogP contribution in [0.5, 0.6) is 0 Å². The molecule has 0 spiro atoms. The molecule has 32 heavy (non-hydrogen) atoms. The molecule has 4 rings (SSSR count). The van der Waals surface area contributed by atoms with Gasteiger partial charge in [-0.25, -0.2) is 4.99 Å². The molecule has 6 heteroatoms. The average molecular weight is 444 g/mol. The Kier molecular flexibility index (Phi) is 6.71. The standard InChI is InChI=1S/C26H25N3O2S/c1-18-13-14-22(19(2)15-18)28-24(30)16-23-25(31)29(17-20-9-5-3-6-10-20)26(32-23)27-21-11-7-4-8-12-21/h3-15,23H,16-17H2,1-2H3,(H,28,30)/t23-/m1/s1. The molecule has 0 unspecified atom stereocenters. The fourth-order valence-electron chi connectivity index (χ4n) is 3.57. The molecule has 0 saturated carbocycles. The fourth-order valence-corrected chi connectivity index (χ4v) is 4.73. The Balaban J connectivity index is 1.53. The normalized spacial score (nSPS) is 17.1. The van der Waals surface area contributed by atoms with E-state index in [2.05, 4.69) is 5.32 Å². The van der Waals surface area contributed by atoms with E-state index in [0.717, 1.165) is 28.1 Å². The minimum atomic E-state index is -0.507. The molecular formula is C26H25N3O2S. The summed E-state index contributed by atoms with van der Waals surface area (Å²) in [6.45, 7) is 4.40. The Morgan fingerprint density at radius 3 is 2.38 bits per heavy atom. The van der Waals surface area contributed by atoms with Gasteiger partial charge < -0.3 is 5.32 Å². The van der Waals surface area contributed by atoms with E-state index in [1.165, 1.54) is 11.8 Å². The predicted octanol–water partition coefficient (Wildman–Crippen LogP) is 5.46. The van der Waals surface area contributed by atoms with Crippen LogP contribution >= 0.6 is 11.8 Å². The highest BCUT2D eigenvalue weighted by atomic mass is 32.2. The average Bonchev–Trinajstić information content (AvgIpc) is 3.06. The quantitative estimate of drug-likeness (QED) is 0.550. The van der Waals surface area contributed by atoms with Gasteiger partial charge in [0.1, 0.15) is 5.25 Å². The zero-order valence-electron chi connectivity index (χ0n) is 18.1. The molecule has 0 bridgehead atoms. The van der Waals surface area contributed by atoms with E-state index < -0.39 is 5.25 Å². The van der Waals surface area contributed by atoms with E-state index in [4.69, 9.17) is 4.99 Å². The number of nitrogens with one attached hydrogen (secondary N) is 1. The first kappa shape index (κ1) is 21.8. The number of aliphatic imine (C=N–C) groups is 1. The van der Waals surface area contributed by atoms with Gasteiger partial charge in [0.05, 0.1) is 12.2 Å². The van der Waals surface area contributed by atoms with Gasteiger partial charge in [-0.15, -0.1) is 0 Å². The lowest BCUT2D eigenvalue weighted by Gasteiger charge is -2.16. The Bertz CT molecular complexity index is 1150. The summed E-state index contributed by atoms with van der Waals surface area (Å²) < 4.78 is 0. The van der Waals surface area contributed by atoms with Crippen molar-refractivity contribution in [2.75, 3.05) is 5.32 Å². The van der Waals surface area contributed by atoms with Crippen LogP contribution < -0.4 is 5.32 Å². The van der Waals surface area contributed by atoms with Gasteiger partial charge >= 0.3 is 0 Å². The smallest absolute Gasteiger partial charge is 0.242 e. The summed E-state index contributed by atoms with van der Waals surface area (Å²) in [7, 11) is 0. The highest BCUT2D eigenvalue weighted by molar-refractivity contribution is 8.15. The van der Waals surface area contributed by atoms with Crippen molar-refractivity contribution >= 4 is 40.1 Å². The highest BCUT2D eigenvalue weighted by Gasteiger charge is 2.39. The van der Waals surface area contributed by atoms with Crippen molar-refractivity contribution in [1.82, 2.24) is 4.90 Å². The number of hydrogen-bond acceptors (Lipinski definition) is 4. The van der Waals surface area contributed by atoms with E-state index in [9.17, 15) is 9.59 Å². The number of hydrogen-bond donors (Lipinski definition) is 1. The number of nitrogens with zero attached hydrogens (tertiary/aromatic N) is 2. The zero-order valence-corrected chi connectivity index (χ0v) is 18.9. The maximum absolute atomic E-state index is 13.3. The maximum Gasteiger partial charge on any atom is 0.242 e. The predicted molar refractivity (Wildman–Crippen MR) is 131 cm³/mol. The minimum absolute atomic E-state index is 0.0932. The van der Waals surface area contributed by atoms with Crippen LogP contribution in [0, 0.1) is 13.8 Å². The summed E-state index contributed by atoms with van der Waals surface area (Å²) in [4.78, 5) is 32.4. The summed E-state index contributed by atoms with van der Waals surface area (Å²) >= 11 is 1.35. The van der Waals surface area contributed by atoms with Gasteiger partial charge in [0, 0.05) is 12.1 Å². The molecule has 2 amide bonds. The van der Waals surface area contributed by atoms with Crippen LogP contribution in [0.25, 0.3) is 0 Å². The van der Waals surface area contributed by atoms with Crippen LogP contribution in [0.15, 0.2) is 83.9 Å². The van der Waals surface area contributed by atoms with Crippen LogP contribution in [-0.4, -0.2) is 27.1 Å². The molecule has 1 heterocycles. The van der Waals surface area contributed by atoms with Crippen LogP contribution in [0.4, 0.5) is 11.4 Å². The fraction of sp³-hybridized carbons (Fsp3) is 0.192. The Hall–Kier alpha value is -3.38. The first-order valence-electron chi connectivity index (χ1n) is 10.5. The van der Waals surface area contributed by atoms with Crippen LogP contribution in [0.2, 0.25) is 0 Å². The van der Waals surface area contributed by atoms with Crippen molar-refractivity contribution in [1.29, 1.82) is 0 Å². The first-order valence-corrected chi connectivity index (χ1v) is 11.4. The van der Waals surface area contributed by atoms with Gasteiger partial charge in [-0.2, -0.15) is 0 Å². The number of benzene rings is 3. The van der Waals surface area contributed by atoms with Crippen molar-refractivity contribution in [2.45, 2.75) is 32.1 Å². The number of anilines is 1. The lowest BCUT2D eigenvalue weighted by molar-refractivity contribution is -0.128. The molecule has 1 aliphatic rings. The summed E-state index contributed by atoms with van der Waals surface area (Å²) in [5.74, 6) is -0.271. The second-order valence-electron chi connectivity index (χ2n) is 7.82. The number of thioether (sulfide) groups is 1. The summed E-state index contributed by atoms with van der Waals surface area (Å²) in [5.41, 5.74) is 4.71. The summed E-state index contributed by atoms with van der Waals surface area (Å²) in [6.07, 6.45) is 0.0932. The second kappa shape index (κ2) is 9.83. The molecule has 1 atom stereocenters. The second-order valence-corrected chi connectivity index (χ2v) is 8.99. The molecule has 1 fully saturated rings. The lowest BCUT2D eigenvalue weighted by atomic mass is 10.1. The molecule has 5 nitrogen and oxygen atoms in total. The third-order valence-corrected chi connectivity index (χ3v) is 6.39. The van der Waals surface area contributed by atoms with E-state index >= 15 is 0 Å². The van der Waals surface area contributed by atoms with Crippen molar-refractivity contribution in [3.63, 3.8) is 0 Å². The molecule has 0 radical (unpaired) electrons. The molecule has 0 aliphatic carbocycles. The number of rotatable bonds is 6. The first-order chi connectivity index (χ1) is 15.5. The highest BCUT2D eigenvalue weighted by Crippen LogP contribution is 2.33. The number of carbonyl (C=O) groups is 2. The van der Waals surface area contributed by atoms with Gasteiger partial charge in [-0.05, 0) is 43.2 Å². The van der Waals surface area contributed by atoms with E-state index in [1.54, 1.807) is 4.90 Å². The third kappa shape index (κ3) is 5.26. The number of para-hydroxylation sites is 1. The van der Waals surface area contributed by atoms with E-state index in [1.807, 2.05) is 92.7 Å². The van der Waals surface area contributed by atoms with Gasteiger partial charge in [0.25, 0.3) is 0 Å². The molecule has 1 N–H and O–H groups in total. The molecule has 1 saturated heterocycles. The monoisotopic (exact) mass is 443 g/mol. The molecule has 3 aromatic carbocycles. The zero-order chi connectivity index (χ0) is 22.5. The maximum atomic E-state index is 13.3. The molecular weight excluding hydrogens is 418 g/mol. The van der Waals surface area contributed by atoms with E-state index in [-0.39, 0.29) is 18.2 Å². The molecule has 162 valence electrons. The molecule has 3 aromatic rings. The van der Waals surface area contributed by atoms with Gasteiger partial charge in [-0.3, -0.25) is 14.5 Å². The van der Waals surface area contributed by atoms with E-state index in [0.29, 0.717) is 11.7 Å². The van der Waals surface area contributed by atoms with Gasteiger partial charge in [-0.1, -0.05) is 78.0 Å². The van der Waals surface area contributed by atoms with Crippen molar-refractivity contribution in [2.24, 2.45) is 4.99 Å². The molecule has 1 aliphatic heterocycles. The number of carbonyl (C=O) groups excluding carboxylic acids is 2.